The van der Waals surface area contributed by atoms with Crippen molar-refractivity contribution in [2.75, 3.05) is 13.2 Å². The Hall–Kier alpha value is -2.83. The van der Waals surface area contributed by atoms with Crippen molar-refractivity contribution in [3.8, 4) is 0 Å². The lowest BCUT2D eigenvalue weighted by molar-refractivity contribution is -0.154. The fraction of sp³-hybridized carbons (Fsp3) is 0.389. The van der Waals surface area contributed by atoms with E-state index in [9.17, 15) is 14.4 Å². The number of fused-ring (bicyclic) bond motifs is 1. The van der Waals surface area contributed by atoms with Gasteiger partial charge in [0.2, 0.25) is 5.91 Å². The van der Waals surface area contributed by atoms with Gasteiger partial charge in [0.1, 0.15) is 6.04 Å². The van der Waals surface area contributed by atoms with Crippen molar-refractivity contribution in [3.63, 3.8) is 0 Å². The summed E-state index contributed by atoms with van der Waals surface area (Å²) in [5.74, 6) is -1.38. The average Bonchev–Trinajstić information content (AvgIpc) is 3.02. The van der Waals surface area contributed by atoms with Crippen molar-refractivity contribution in [1.29, 1.82) is 0 Å². The highest BCUT2D eigenvalue weighted by Crippen LogP contribution is 2.19. The van der Waals surface area contributed by atoms with Crippen LogP contribution in [0.2, 0.25) is 0 Å². The van der Waals surface area contributed by atoms with Crippen molar-refractivity contribution < 1.29 is 19.1 Å². The third-order valence-corrected chi connectivity index (χ3v) is 4.52. The van der Waals surface area contributed by atoms with Crippen LogP contribution in [0.1, 0.15) is 24.8 Å². The summed E-state index contributed by atoms with van der Waals surface area (Å²) in [7, 11) is 0. The number of nitrogens with two attached hydrogens (primary N) is 1. The predicted octanol–water partition coefficient (Wildman–Crippen LogP) is 1.12. The van der Waals surface area contributed by atoms with Crippen LogP contribution in [0.5, 0.6) is 0 Å². The minimum atomic E-state index is -0.603. The van der Waals surface area contributed by atoms with Gasteiger partial charge in [0.25, 0.3) is 5.91 Å². The summed E-state index contributed by atoms with van der Waals surface area (Å²) in [5.41, 5.74) is 7.11. The third-order valence-electron chi connectivity index (χ3n) is 4.52. The number of likely N-dealkylation sites (tertiary alicyclic amines) is 1. The number of piperidine rings is 1. The number of para-hydroxylation sites is 1. The Bertz CT molecular complexity index is 798. The molecule has 1 saturated heterocycles. The number of aromatic amines is 1. The molecule has 132 valence electrons. The Kier molecular flexibility index (Phi) is 5.02. The fourth-order valence-electron chi connectivity index (χ4n) is 3.24. The van der Waals surface area contributed by atoms with Gasteiger partial charge in [0, 0.05) is 23.6 Å². The number of primary amides is 1. The van der Waals surface area contributed by atoms with Crippen LogP contribution in [-0.2, 0) is 25.5 Å². The number of rotatable bonds is 5. The fourth-order valence-corrected chi connectivity index (χ4v) is 3.24. The summed E-state index contributed by atoms with van der Waals surface area (Å²) in [4.78, 5) is 40.3. The molecule has 0 aliphatic carbocycles. The van der Waals surface area contributed by atoms with E-state index in [4.69, 9.17) is 10.5 Å². The number of H-pyrrole nitrogens is 1. The number of amides is 2. The first-order chi connectivity index (χ1) is 12.1. The van der Waals surface area contributed by atoms with Gasteiger partial charge in [-0.05, 0) is 30.9 Å². The van der Waals surface area contributed by atoms with Crippen LogP contribution in [0.25, 0.3) is 10.9 Å². The monoisotopic (exact) mass is 343 g/mol. The number of carbonyl (C=O) groups is 3. The number of carbonyl (C=O) groups excluding carboxylic acids is 3. The molecule has 7 nitrogen and oxygen atoms in total. The molecule has 7 heteroatoms. The lowest BCUT2D eigenvalue weighted by Gasteiger charge is -2.33. The number of aromatic nitrogens is 1. The Labute approximate surface area is 145 Å². The van der Waals surface area contributed by atoms with Gasteiger partial charge in [-0.1, -0.05) is 18.2 Å². The maximum Gasteiger partial charge on any atom is 0.310 e. The molecule has 2 heterocycles. The number of ether oxygens (including phenoxy) is 1. The molecule has 2 aromatic rings. The quantitative estimate of drug-likeness (QED) is 0.794. The molecule has 1 aromatic heterocycles. The minimum Gasteiger partial charge on any atom is -0.455 e. The van der Waals surface area contributed by atoms with E-state index in [1.165, 1.54) is 4.90 Å². The zero-order valence-corrected chi connectivity index (χ0v) is 13.9. The number of hydrogen-bond donors (Lipinski definition) is 2. The minimum absolute atomic E-state index is 0.0799. The first-order valence-corrected chi connectivity index (χ1v) is 8.35. The maximum absolute atomic E-state index is 12.3. The van der Waals surface area contributed by atoms with Crippen LogP contribution >= 0.6 is 0 Å². The largest absolute Gasteiger partial charge is 0.455 e. The summed E-state index contributed by atoms with van der Waals surface area (Å²) in [5, 5.41) is 0.954. The van der Waals surface area contributed by atoms with E-state index in [1.807, 2.05) is 24.3 Å². The van der Waals surface area contributed by atoms with Gasteiger partial charge < -0.3 is 20.4 Å². The van der Waals surface area contributed by atoms with Gasteiger partial charge in [-0.15, -0.1) is 0 Å². The second-order valence-electron chi connectivity index (χ2n) is 6.20. The van der Waals surface area contributed by atoms with Gasteiger partial charge in [-0.25, -0.2) is 0 Å². The van der Waals surface area contributed by atoms with Crippen LogP contribution < -0.4 is 5.73 Å². The summed E-state index contributed by atoms with van der Waals surface area (Å²) in [6.45, 7) is 0.0947. The maximum atomic E-state index is 12.3. The molecular formula is C18H21N3O4. The highest BCUT2D eigenvalue weighted by Gasteiger charge is 2.30. The number of hydrogen-bond acceptors (Lipinski definition) is 4. The normalized spacial score (nSPS) is 17.4. The lowest BCUT2D eigenvalue weighted by atomic mass is 10.0. The van der Waals surface area contributed by atoms with Crippen molar-refractivity contribution in [2.24, 2.45) is 5.73 Å². The van der Waals surface area contributed by atoms with Crippen LogP contribution in [0, 0.1) is 0 Å². The van der Waals surface area contributed by atoms with E-state index < -0.39 is 17.9 Å². The van der Waals surface area contributed by atoms with E-state index in [1.54, 1.807) is 6.20 Å². The molecular weight excluding hydrogens is 322 g/mol. The molecule has 0 saturated carbocycles. The lowest BCUT2D eigenvalue weighted by Crippen LogP contribution is -2.51. The molecule has 3 N–H and O–H groups in total. The van der Waals surface area contributed by atoms with E-state index >= 15 is 0 Å². The van der Waals surface area contributed by atoms with Crippen molar-refractivity contribution in [2.45, 2.75) is 31.7 Å². The van der Waals surface area contributed by atoms with Crippen LogP contribution in [-0.4, -0.2) is 46.9 Å². The first kappa shape index (κ1) is 17.0. The smallest absolute Gasteiger partial charge is 0.310 e. The molecule has 1 aliphatic heterocycles. The molecule has 0 spiro atoms. The zero-order chi connectivity index (χ0) is 17.8. The van der Waals surface area contributed by atoms with Crippen LogP contribution in [0.3, 0.4) is 0 Å². The van der Waals surface area contributed by atoms with Crippen molar-refractivity contribution >= 4 is 28.7 Å². The van der Waals surface area contributed by atoms with Gasteiger partial charge >= 0.3 is 5.97 Å². The van der Waals surface area contributed by atoms with E-state index in [0.29, 0.717) is 13.0 Å². The summed E-state index contributed by atoms with van der Waals surface area (Å²) >= 11 is 0. The summed E-state index contributed by atoms with van der Waals surface area (Å²) in [6, 6.07) is 7.05. The summed E-state index contributed by atoms with van der Waals surface area (Å²) < 4.78 is 5.11. The van der Waals surface area contributed by atoms with E-state index in [2.05, 4.69) is 4.98 Å². The topological polar surface area (TPSA) is 105 Å². The SMILES string of the molecule is NC(=O)[C@@H]1CCCCN1C(=O)COC(=O)Cc1c[nH]c2ccccc12. The van der Waals surface area contributed by atoms with Gasteiger partial charge in [-0.3, -0.25) is 14.4 Å². The highest BCUT2D eigenvalue weighted by atomic mass is 16.5. The molecule has 2 amide bonds. The molecule has 0 unspecified atom stereocenters. The Morgan fingerprint density at radius 1 is 1.24 bits per heavy atom. The van der Waals surface area contributed by atoms with Crippen LogP contribution in [0.15, 0.2) is 30.5 Å². The molecule has 0 radical (unpaired) electrons. The molecule has 3 rings (SSSR count). The number of esters is 1. The molecule has 1 atom stereocenters. The Morgan fingerprint density at radius 3 is 2.84 bits per heavy atom. The summed E-state index contributed by atoms with van der Waals surface area (Å²) in [6.07, 6.45) is 4.08. The van der Waals surface area contributed by atoms with Gasteiger partial charge in [-0.2, -0.15) is 0 Å². The van der Waals surface area contributed by atoms with Crippen molar-refractivity contribution in [3.05, 3.63) is 36.0 Å². The molecule has 1 aromatic carbocycles. The Balaban J connectivity index is 1.56. The van der Waals surface area contributed by atoms with Gasteiger partial charge in [0.05, 0.1) is 6.42 Å². The zero-order valence-electron chi connectivity index (χ0n) is 13.9. The predicted molar refractivity (Wildman–Crippen MR) is 91.5 cm³/mol. The Morgan fingerprint density at radius 2 is 2.04 bits per heavy atom. The molecule has 1 fully saturated rings. The first-order valence-electron chi connectivity index (χ1n) is 8.35. The average molecular weight is 343 g/mol. The second kappa shape index (κ2) is 7.38. The number of nitrogens with zero attached hydrogens (tertiary/aromatic N) is 1. The van der Waals surface area contributed by atoms with E-state index in [-0.39, 0.29) is 18.9 Å². The highest BCUT2D eigenvalue weighted by molar-refractivity contribution is 5.90. The number of benzene rings is 1. The van der Waals surface area contributed by atoms with Gasteiger partial charge in [0.15, 0.2) is 6.61 Å². The molecule has 1 aliphatic rings. The third kappa shape index (κ3) is 3.81. The van der Waals surface area contributed by atoms with E-state index in [0.717, 1.165) is 29.3 Å². The van der Waals surface area contributed by atoms with Crippen molar-refractivity contribution in [1.82, 2.24) is 9.88 Å². The standard InChI is InChI=1S/C18H21N3O4/c19-18(24)15-7-3-4-8-21(15)16(22)11-25-17(23)9-12-10-20-14-6-2-1-5-13(12)14/h1-2,5-6,10,15,20H,3-4,7-9,11H2,(H2,19,24)/t15-/m0/s1. The van der Waals surface area contributed by atoms with Crippen LogP contribution in [0.4, 0.5) is 0 Å². The number of nitrogens with one attached hydrogen (secondary N) is 1. The molecule has 0 bridgehead atoms. The second-order valence-corrected chi connectivity index (χ2v) is 6.20. The molecule has 25 heavy (non-hydrogen) atoms.